The Labute approximate surface area is 123 Å². The van der Waals surface area contributed by atoms with Gasteiger partial charge in [0, 0.05) is 13.7 Å². The molecule has 0 heterocycles. The van der Waals surface area contributed by atoms with E-state index in [0.29, 0.717) is 13.2 Å². The molecule has 0 radical (unpaired) electrons. The molecule has 0 aromatic heterocycles. The molecule has 0 bridgehead atoms. The second kappa shape index (κ2) is 7.99. The fraction of sp³-hybridized carbons (Fsp3) is 0.538. The number of halogens is 1. The minimum Gasteiger partial charge on any atom is -0.383 e. The number of hydrogen-bond donors (Lipinski definition) is 1. The van der Waals surface area contributed by atoms with Crippen molar-refractivity contribution < 1.29 is 13.2 Å². The van der Waals surface area contributed by atoms with E-state index in [9.17, 15) is 8.42 Å². The van der Waals surface area contributed by atoms with Gasteiger partial charge in [-0.05, 0) is 11.5 Å². The molecule has 6 heteroatoms. The summed E-state index contributed by atoms with van der Waals surface area (Å²) < 4.78 is 31.4. The molecular formula is C13H20BrNO3S. The van der Waals surface area contributed by atoms with E-state index in [4.69, 9.17) is 4.74 Å². The summed E-state index contributed by atoms with van der Waals surface area (Å²) in [4.78, 5) is -0.0145. The van der Waals surface area contributed by atoms with Crippen molar-refractivity contribution in [3.63, 3.8) is 0 Å². The lowest BCUT2D eigenvalue weighted by atomic mass is 10.0. The van der Waals surface area contributed by atoms with Crippen LogP contribution in [-0.2, 0) is 14.8 Å². The fourth-order valence-electron chi connectivity index (χ4n) is 1.72. The predicted molar refractivity (Wildman–Crippen MR) is 81.2 cm³/mol. The Balaban J connectivity index is 2.50. The second-order valence-electron chi connectivity index (χ2n) is 4.49. The summed E-state index contributed by atoms with van der Waals surface area (Å²) in [7, 11) is -1.69. The SMILES string of the molecule is COCC(Br)CNS(=O)(=O)CC(C)c1ccccc1. The molecule has 0 amide bonds. The highest BCUT2D eigenvalue weighted by Gasteiger charge is 2.17. The molecule has 1 aromatic carbocycles. The van der Waals surface area contributed by atoms with E-state index in [-0.39, 0.29) is 16.5 Å². The number of rotatable bonds is 8. The van der Waals surface area contributed by atoms with E-state index >= 15 is 0 Å². The van der Waals surface area contributed by atoms with Crippen molar-refractivity contribution in [3.8, 4) is 0 Å². The summed E-state index contributed by atoms with van der Waals surface area (Å²) in [5.74, 6) is 0.0545. The molecule has 108 valence electrons. The zero-order chi connectivity index (χ0) is 14.3. The van der Waals surface area contributed by atoms with Gasteiger partial charge in [0.2, 0.25) is 10.0 Å². The molecule has 0 aliphatic carbocycles. The minimum atomic E-state index is -3.28. The maximum Gasteiger partial charge on any atom is 0.212 e. The van der Waals surface area contributed by atoms with Gasteiger partial charge in [0.05, 0.1) is 17.2 Å². The molecular weight excluding hydrogens is 330 g/mol. The van der Waals surface area contributed by atoms with Crippen molar-refractivity contribution in [2.24, 2.45) is 0 Å². The van der Waals surface area contributed by atoms with Crippen LogP contribution in [0.3, 0.4) is 0 Å². The normalized spacial score (nSPS) is 15.1. The Bertz CT molecular complexity index is 464. The van der Waals surface area contributed by atoms with Gasteiger partial charge in [-0.15, -0.1) is 0 Å². The molecule has 0 saturated heterocycles. The molecule has 1 N–H and O–H groups in total. The Morgan fingerprint density at radius 3 is 2.53 bits per heavy atom. The lowest BCUT2D eigenvalue weighted by Gasteiger charge is -2.14. The van der Waals surface area contributed by atoms with Crippen molar-refractivity contribution in [2.75, 3.05) is 26.0 Å². The lowest BCUT2D eigenvalue weighted by molar-refractivity contribution is 0.201. The standard InChI is InChI=1S/C13H20BrNO3S/c1-11(12-6-4-3-5-7-12)10-19(16,17)15-8-13(14)9-18-2/h3-7,11,13,15H,8-10H2,1-2H3. The average Bonchev–Trinajstić information content (AvgIpc) is 2.37. The third-order valence-corrected chi connectivity index (χ3v) is 4.84. The summed E-state index contributed by atoms with van der Waals surface area (Å²) >= 11 is 3.35. The number of alkyl halides is 1. The molecule has 0 spiro atoms. The first-order chi connectivity index (χ1) is 8.94. The minimum absolute atomic E-state index is 0.0145. The van der Waals surface area contributed by atoms with E-state index < -0.39 is 10.0 Å². The molecule has 2 unspecified atom stereocenters. The molecule has 0 aliphatic rings. The van der Waals surface area contributed by atoms with E-state index in [2.05, 4.69) is 20.7 Å². The van der Waals surface area contributed by atoms with Gasteiger partial charge in [-0.3, -0.25) is 0 Å². The molecule has 2 atom stereocenters. The molecule has 0 fully saturated rings. The van der Waals surface area contributed by atoms with Crippen molar-refractivity contribution in [1.29, 1.82) is 0 Å². The lowest BCUT2D eigenvalue weighted by Crippen LogP contribution is -2.34. The monoisotopic (exact) mass is 349 g/mol. The summed E-state index contributed by atoms with van der Waals surface area (Å²) in [5, 5.41) is 0. The van der Waals surface area contributed by atoms with E-state index in [0.717, 1.165) is 5.56 Å². The Morgan fingerprint density at radius 2 is 1.95 bits per heavy atom. The first-order valence-corrected chi connectivity index (χ1v) is 8.66. The van der Waals surface area contributed by atoms with Crippen molar-refractivity contribution >= 4 is 26.0 Å². The van der Waals surface area contributed by atoms with E-state index in [1.54, 1.807) is 7.11 Å². The second-order valence-corrected chi connectivity index (χ2v) is 7.64. The topological polar surface area (TPSA) is 55.4 Å². The highest BCUT2D eigenvalue weighted by atomic mass is 79.9. The number of hydrogen-bond acceptors (Lipinski definition) is 3. The fourth-order valence-corrected chi connectivity index (χ4v) is 3.79. The number of benzene rings is 1. The number of sulfonamides is 1. The van der Waals surface area contributed by atoms with Crippen LogP contribution in [0.25, 0.3) is 0 Å². The van der Waals surface area contributed by atoms with Crippen LogP contribution in [0.4, 0.5) is 0 Å². The predicted octanol–water partition coefficient (Wildman–Crippen LogP) is 2.12. The first-order valence-electron chi connectivity index (χ1n) is 6.10. The number of ether oxygens (including phenoxy) is 1. The molecule has 0 aliphatic heterocycles. The highest BCUT2D eigenvalue weighted by molar-refractivity contribution is 9.09. The van der Waals surface area contributed by atoms with Gasteiger partial charge >= 0.3 is 0 Å². The molecule has 4 nitrogen and oxygen atoms in total. The maximum atomic E-state index is 12.0. The van der Waals surface area contributed by atoms with Gasteiger partial charge in [-0.25, -0.2) is 13.1 Å². The largest absolute Gasteiger partial charge is 0.383 e. The summed E-state index contributed by atoms with van der Waals surface area (Å²) in [5.41, 5.74) is 1.03. The van der Waals surface area contributed by atoms with Crippen molar-refractivity contribution in [2.45, 2.75) is 17.7 Å². The molecule has 1 aromatic rings. The van der Waals surface area contributed by atoms with Crippen molar-refractivity contribution in [1.82, 2.24) is 4.72 Å². The quantitative estimate of drug-likeness (QED) is 0.731. The van der Waals surface area contributed by atoms with Crippen LogP contribution < -0.4 is 4.72 Å². The van der Waals surface area contributed by atoms with Crippen molar-refractivity contribution in [3.05, 3.63) is 35.9 Å². The van der Waals surface area contributed by atoms with E-state index in [1.807, 2.05) is 37.3 Å². The highest BCUT2D eigenvalue weighted by Crippen LogP contribution is 2.16. The zero-order valence-corrected chi connectivity index (χ0v) is 13.6. The smallest absolute Gasteiger partial charge is 0.212 e. The van der Waals surface area contributed by atoms with Crippen LogP contribution >= 0.6 is 15.9 Å². The Hall–Kier alpha value is -0.430. The van der Waals surface area contributed by atoms with Gasteiger partial charge in [-0.2, -0.15) is 0 Å². The summed E-state index contributed by atoms with van der Waals surface area (Å²) in [6.45, 7) is 2.71. The number of methoxy groups -OCH3 is 1. The zero-order valence-electron chi connectivity index (χ0n) is 11.2. The van der Waals surface area contributed by atoms with Crippen LogP contribution in [0.15, 0.2) is 30.3 Å². The van der Waals surface area contributed by atoms with Gasteiger partial charge in [-0.1, -0.05) is 53.2 Å². The Morgan fingerprint density at radius 1 is 1.32 bits per heavy atom. The summed E-state index contributed by atoms with van der Waals surface area (Å²) in [6.07, 6.45) is 0. The number of nitrogens with one attached hydrogen (secondary N) is 1. The Kier molecular flexibility index (Phi) is 6.99. The molecule has 1 rings (SSSR count). The van der Waals surface area contributed by atoms with Crippen LogP contribution in [-0.4, -0.2) is 39.3 Å². The van der Waals surface area contributed by atoms with Gasteiger partial charge in [0.15, 0.2) is 0 Å². The first kappa shape index (κ1) is 16.6. The molecule has 19 heavy (non-hydrogen) atoms. The van der Waals surface area contributed by atoms with Crippen LogP contribution in [0.5, 0.6) is 0 Å². The average molecular weight is 350 g/mol. The van der Waals surface area contributed by atoms with Gasteiger partial charge < -0.3 is 4.74 Å². The van der Waals surface area contributed by atoms with Gasteiger partial charge in [0.1, 0.15) is 0 Å². The van der Waals surface area contributed by atoms with Gasteiger partial charge in [0.25, 0.3) is 0 Å². The summed E-state index contributed by atoms with van der Waals surface area (Å²) in [6, 6.07) is 9.64. The van der Waals surface area contributed by atoms with E-state index in [1.165, 1.54) is 0 Å². The third kappa shape index (κ3) is 6.51. The maximum absolute atomic E-state index is 12.0. The van der Waals surface area contributed by atoms with Crippen LogP contribution in [0.2, 0.25) is 0 Å². The molecule has 0 saturated carbocycles. The van der Waals surface area contributed by atoms with Crippen LogP contribution in [0.1, 0.15) is 18.4 Å². The van der Waals surface area contributed by atoms with Crippen LogP contribution in [0, 0.1) is 0 Å². The third-order valence-electron chi connectivity index (χ3n) is 2.71.